The number of phosphoric acid groups is 2. The summed E-state index contributed by atoms with van der Waals surface area (Å²) in [5.41, 5.74) is 0. The molecule has 0 saturated carbocycles. The third-order valence-electron chi connectivity index (χ3n) is 16.0. The topological polar surface area (TPSA) is 237 Å². The van der Waals surface area contributed by atoms with Gasteiger partial charge in [-0.15, -0.1) is 0 Å². The summed E-state index contributed by atoms with van der Waals surface area (Å²) in [6.07, 6.45) is 96.9. The number of carbonyl (C=O) groups excluding carboxylic acids is 4. The number of ether oxygens (including phenoxy) is 4. The van der Waals surface area contributed by atoms with Crippen molar-refractivity contribution in [2.45, 2.75) is 303 Å². The molecule has 19 heteroatoms. The SMILES string of the molecule is CC/C=C\C/C=C\C/C=C\C/C=C\C/C=C\CCCCCC(=O)OCC(COP(=O)(O)OCC(O)COP(=O)(O)OCC(COC(=O)CCCCCC/C=C\C/C=C\C/C=C\C/C=C\CC)OC(=O)CCCC/C=C\C/C=C\C/C=C\C/C=C\CC)OC(=O)CCCCCCCCC/C=C\C/C=C\C/C=C\CC. The number of aliphatic hydroxyl groups excluding tert-OH is 1. The molecule has 108 heavy (non-hydrogen) atoms. The van der Waals surface area contributed by atoms with Gasteiger partial charge < -0.3 is 33.8 Å². The van der Waals surface area contributed by atoms with Gasteiger partial charge in [-0.25, -0.2) is 9.13 Å². The maximum atomic E-state index is 13.1. The molecule has 0 aliphatic carbocycles. The van der Waals surface area contributed by atoms with Crippen molar-refractivity contribution in [1.29, 1.82) is 0 Å². The summed E-state index contributed by atoms with van der Waals surface area (Å²) in [6, 6.07) is 0. The van der Waals surface area contributed by atoms with Gasteiger partial charge in [0.15, 0.2) is 12.2 Å². The highest BCUT2D eigenvalue weighted by Crippen LogP contribution is 2.45. The van der Waals surface area contributed by atoms with E-state index in [-0.39, 0.29) is 25.7 Å². The maximum Gasteiger partial charge on any atom is 0.472 e. The Bertz CT molecular complexity index is 2810. The first-order valence-electron chi connectivity index (χ1n) is 40.7. The van der Waals surface area contributed by atoms with Crippen molar-refractivity contribution in [3.8, 4) is 0 Å². The van der Waals surface area contributed by atoms with Crippen LogP contribution in [-0.4, -0.2) is 96.7 Å². The molecule has 0 aromatic heterocycles. The molecule has 0 fully saturated rings. The monoisotopic (exact) mass is 1540 g/mol. The number of carbonyl (C=O) groups is 4. The first-order valence-corrected chi connectivity index (χ1v) is 43.7. The lowest BCUT2D eigenvalue weighted by Crippen LogP contribution is -2.30. The van der Waals surface area contributed by atoms with Crippen LogP contribution < -0.4 is 0 Å². The standard InChI is InChI=1S/C89H142O17P2/c1-5-9-13-17-21-25-29-33-37-40-41-44-47-50-54-58-62-66-70-74-87(92)100-80-85(106-89(94)76-72-68-64-60-56-52-48-43-39-35-31-27-23-19-15-11-7-3)82-104-108(97,98)102-78-83(90)77-101-107(95,96)103-81-84(105-88(93)75-71-67-63-59-55-51-45-36-32-28-24-20-16-12-8-4)79-99-86(91)73-69-65-61-57-53-49-46-42-38-34-30-26-22-18-14-10-6-2/h9-16,21-28,33-39,41,44-46,49-50,54-55,59,83-85,90H,5-8,17-20,29-32,40,42-43,47-48,51-53,56-58,60-82H2,1-4H3,(H,95,96)(H,97,98)/b13-9-,14-10-,15-11-,16-12-,25-21-,26-22-,27-23-,28-24-,37-33-,38-34-,39-35-,44-41-,45-36-,49-46-,54-50-,59-55-. The fraction of sp³-hybridized carbons (Fsp3) is 0.596. The highest BCUT2D eigenvalue weighted by atomic mass is 31.2. The second-order valence-electron chi connectivity index (χ2n) is 26.2. The summed E-state index contributed by atoms with van der Waals surface area (Å²) >= 11 is 0. The van der Waals surface area contributed by atoms with Crippen molar-refractivity contribution in [2.75, 3.05) is 39.6 Å². The van der Waals surface area contributed by atoms with Gasteiger partial charge in [-0.05, 0) is 180 Å². The number of hydrogen-bond donors (Lipinski definition) is 3. The fourth-order valence-electron chi connectivity index (χ4n) is 10.0. The van der Waals surface area contributed by atoms with Gasteiger partial charge in [0.1, 0.15) is 19.3 Å². The molecule has 3 N–H and O–H groups in total. The minimum Gasteiger partial charge on any atom is -0.462 e. The molecule has 0 amide bonds. The number of rotatable bonds is 74. The largest absolute Gasteiger partial charge is 0.472 e. The van der Waals surface area contributed by atoms with E-state index in [1.54, 1.807) is 0 Å². The highest BCUT2D eigenvalue weighted by Gasteiger charge is 2.30. The summed E-state index contributed by atoms with van der Waals surface area (Å²) in [7, 11) is -10.0. The first kappa shape index (κ1) is 102. The molecule has 17 nitrogen and oxygen atoms in total. The molecule has 0 rings (SSSR count). The molecule has 0 aliphatic heterocycles. The molecule has 610 valence electrons. The summed E-state index contributed by atoms with van der Waals surface area (Å²) in [5.74, 6) is -2.32. The third kappa shape index (κ3) is 78.0. The number of esters is 4. The maximum absolute atomic E-state index is 13.1. The number of unbranched alkanes of at least 4 members (excludes halogenated alkanes) is 16. The van der Waals surface area contributed by atoms with Gasteiger partial charge in [-0.2, -0.15) is 0 Å². The lowest BCUT2D eigenvalue weighted by molar-refractivity contribution is -0.161. The number of aliphatic hydroxyl groups is 1. The zero-order valence-electron chi connectivity index (χ0n) is 66.7. The molecular formula is C89H142O17P2. The van der Waals surface area contributed by atoms with Crippen LogP contribution in [-0.2, 0) is 65.4 Å². The molecule has 0 bridgehead atoms. The van der Waals surface area contributed by atoms with E-state index in [1.165, 1.54) is 0 Å². The summed E-state index contributed by atoms with van der Waals surface area (Å²) in [4.78, 5) is 73.1. The zero-order valence-corrected chi connectivity index (χ0v) is 68.5. The van der Waals surface area contributed by atoms with E-state index in [2.05, 4.69) is 222 Å². The molecule has 0 spiro atoms. The van der Waals surface area contributed by atoms with Crippen LogP contribution in [0.5, 0.6) is 0 Å². The van der Waals surface area contributed by atoms with Crippen molar-refractivity contribution in [2.24, 2.45) is 0 Å². The Morgan fingerprint density at radius 3 is 0.722 bits per heavy atom. The van der Waals surface area contributed by atoms with Crippen molar-refractivity contribution in [3.05, 3.63) is 194 Å². The molecule has 5 unspecified atom stereocenters. The number of phosphoric ester groups is 2. The molecule has 0 saturated heterocycles. The molecule has 0 radical (unpaired) electrons. The van der Waals surface area contributed by atoms with Crippen molar-refractivity contribution < 1.29 is 80.2 Å². The minimum atomic E-state index is -5.01. The summed E-state index contributed by atoms with van der Waals surface area (Å²) < 4.78 is 68.6. The van der Waals surface area contributed by atoms with E-state index >= 15 is 0 Å². The van der Waals surface area contributed by atoms with E-state index < -0.39 is 97.5 Å². The molecular weight excluding hydrogens is 1400 g/mol. The summed E-state index contributed by atoms with van der Waals surface area (Å²) in [5, 5.41) is 10.7. The van der Waals surface area contributed by atoms with E-state index in [1.807, 2.05) is 0 Å². The smallest absolute Gasteiger partial charge is 0.462 e. The van der Waals surface area contributed by atoms with E-state index in [4.69, 9.17) is 37.0 Å². The predicted molar refractivity (Wildman–Crippen MR) is 445 cm³/mol. The van der Waals surface area contributed by atoms with Gasteiger partial charge in [0.25, 0.3) is 0 Å². The number of allylic oxidation sites excluding steroid dienone is 32. The normalized spacial score (nSPS) is 14.8. The van der Waals surface area contributed by atoms with Crippen LogP contribution in [0.2, 0.25) is 0 Å². The van der Waals surface area contributed by atoms with Gasteiger partial charge in [-0.3, -0.25) is 37.3 Å². The van der Waals surface area contributed by atoms with Crippen LogP contribution in [0.4, 0.5) is 0 Å². The highest BCUT2D eigenvalue weighted by molar-refractivity contribution is 7.47. The predicted octanol–water partition coefficient (Wildman–Crippen LogP) is 24.1. The average molecular weight is 1550 g/mol. The van der Waals surface area contributed by atoms with Gasteiger partial charge in [0.2, 0.25) is 0 Å². The number of hydrogen-bond acceptors (Lipinski definition) is 15. The van der Waals surface area contributed by atoms with Crippen LogP contribution >= 0.6 is 15.6 Å². The van der Waals surface area contributed by atoms with E-state index in [0.29, 0.717) is 32.1 Å². The lowest BCUT2D eigenvalue weighted by Gasteiger charge is -2.21. The van der Waals surface area contributed by atoms with Gasteiger partial charge >= 0.3 is 39.5 Å². The van der Waals surface area contributed by atoms with Gasteiger partial charge in [0.05, 0.1) is 26.4 Å². The first-order chi connectivity index (χ1) is 52.7. The van der Waals surface area contributed by atoms with Gasteiger partial charge in [0, 0.05) is 25.7 Å². The van der Waals surface area contributed by atoms with Crippen molar-refractivity contribution >= 4 is 39.5 Å². The Morgan fingerprint density at radius 1 is 0.259 bits per heavy atom. The molecule has 5 atom stereocenters. The van der Waals surface area contributed by atoms with E-state index in [0.717, 1.165) is 199 Å². The molecule has 0 aliphatic rings. The Labute approximate surface area is 653 Å². The molecule has 0 heterocycles. The molecule has 0 aromatic rings. The van der Waals surface area contributed by atoms with Crippen molar-refractivity contribution in [1.82, 2.24) is 0 Å². The average Bonchev–Trinajstić information content (AvgIpc) is 0.906. The van der Waals surface area contributed by atoms with Crippen LogP contribution in [0.1, 0.15) is 285 Å². The zero-order chi connectivity index (χ0) is 78.9. The third-order valence-corrected chi connectivity index (χ3v) is 17.9. The van der Waals surface area contributed by atoms with Gasteiger partial charge in [-0.1, -0.05) is 273 Å². The van der Waals surface area contributed by atoms with E-state index in [9.17, 15) is 43.2 Å². The minimum absolute atomic E-state index is 0.0287. The van der Waals surface area contributed by atoms with Crippen LogP contribution in [0, 0.1) is 0 Å². The Balaban J connectivity index is 5.49. The lowest BCUT2D eigenvalue weighted by atomic mass is 10.1. The fourth-order valence-corrected chi connectivity index (χ4v) is 11.6. The van der Waals surface area contributed by atoms with Crippen molar-refractivity contribution in [3.63, 3.8) is 0 Å². The quantitative estimate of drug-likeness (QED) is 0.0169. The Morgan fingerprint density at radius 2 is 0.454 bits per heavy atom. The van der Waals surface area contributed by atoms with Crippen LogP contribution in [0.15, 0.2) is 194 Å². The summed E-state index contributed by atoms with van der Waals surface area (Å²) in [6.45, 7) is 4.28. The Hall–Kier alpha value is -6.10. The Kier molecular flexibility index (Phi) is 74.5. The second-order valence-corrected chi connectivity index (χ2v) is 29.1. The van der Waals surface area contributed by atoms with Crippen LogP contribution in [0.25, 0.3) is 0 Å². The second kappa shape index (κ2) is 79.0. The molecule has 0 aromatic carbocycles. The van der Waals surface area contributed by atoms with Crippen LogP contribution in [0.3, 0.4) is 0 Å².